The molecule has 13 heteroatoms. The molecule has 222 valence electrons. The zero-order valence-corrected chi connectivity index (χ0v) is 25.0. The van der Waals surface area contributed by atoms with E-state index in [1.807, 2.05) is 43.3 Å². The first-order valence-corrected chi connectivity index (χ1v) is 14.6. The van der Waals surface area contributed by atoms with Crippen molar-refractivity contribution in [2.45, 2.75) is 57.5 Å². The van der Waals surface area contributed by atoms with Gasteiger partial charge in [-0.3, -0.25) is 9.59 Å². The summed E-state index contributed by atoms with van der Waals surface area (Å²) >= 11 is 0. The molecule has 0 aromatic heterocycles. The van der Waals surface area contributed by atoms with E-state index >= 15 is 0 Å². The first kappa shape index (κ1) is 31.8. The second-order valence-electron chi connectivity index (χ2n) is 11.1. The summed E-state index contributed by atoms with van der Waals surface area (Å²) in [5.74, 6) is -1.82. The molecular weight excluding hydrogens is 550 g/mol. The molecule has 2 amide bonds. The second-order valence-corrected chi connectivity index (χ2v) is 12.9. The van der Waals surface area contributed by atoms with E-state index in [4.69, 9.17) is 9.57 Å². The number of ether oxygens (including phenoxy) is 1. The van der Waals surface area contributed by atoms with Crippen molar-refractivity contribution >= 4 is 44.9 Å². The van der Waals surface area contributed by atoms with E-state index in [1.54, 1.807) is 39.8 Å². The Morgan fingerprint density at radius 3 is 1.95 bits per heavy atom. The molecule has 0 saturated carbocycles. The number of anilines is 1. The molecule has 1 fully saturated rings. The molecule has 1 heterocycles. The van der Waals surface area contributed by atoms with E-state index in [-0.39, 0.29) is 37.3 Å². The monoisotopic (exact) mass is 587 g/mol. The van der Waals surface area contributed by atoms with Crippen LogP contribution in [0.25, 0.3) is 0 Å². The summed E-state index contributed by atoms with van der Waals surface area (Å²) in [7, 11) is 0.0653. The van der Waals surface area contributed by atoms with Gasteiger partial charge in [0.05, 0.1) is 27.3 Å². The molecule has 0 unspecified atom stereocenters. The van der Waals surface area contributed by atoms with Crippen LogP contribution in [-0.2, 0) is 34.0 Å². The Hall–Kier alpha value is -3.68. The zero-order valence-electron chi connectivity index (χ0n) is 24.2. The van der Waals surface area contributed by atoms with Crippen LogP contribution in [0.4, 0.5) is 17.1 Å². The number of benzene rings is 2. The summed E-state index contributed by atoms with van der Waals surface area (Å²) in [5.41, 5.74) is 0.272. The molecule has 12 nitrogen and oxygen atoms in total. The lowest BCUT2D eigenvalue weighted by Crippen LogP contribution is -2.42. The highest BCUT2D eigenvalue weighted by atomic mass is 32.2. The van der Waals surface area contributed by atoms with Crippen molar-refractivity contribution in [3.63, 3.8) is 0 Å². The summed E-state index contributed by atoms with van der Waals surface area (Å²) in [6, 6.07) is 13.6. The lowest BCUT2D eigenvalue weighted by atomic mass is 9.90. The molecule has 1 aliphatic heterocycles. The van der Waals surface area contributed by atoms with Crippen molar-refractivity contribution in [3.05, 3.63) is 48.5 Å². The molecule has 0 spiro atoms. The van der Waals surface area contributed by atoms with Gasteiger partial charge in [-0.15, -0.1) is 5.06 Å². The van der Waals surface area contributed by atoms with Gasteiger partial charge in [0.15, 0.2) is 0 Å². The molecule has 0 atom stereocenters. The van der Waals surface area contributed by atoms with Crippen LogP contribution in [0.3, 0.4) is 0 Å². The topological polar surface area (TPSA) is 147 Å². The average Bonchev–Trinajstić information content (AvgIpc) is 3.23. The highest BCUT2D eigenvalue weighted by Crippen LogP contribution is 2.26. The second kappa shape index (κ2) is 12.9. The first-order chi connectivity index (χ1) is 19.1. The Bertz CT molecular complexity index is 1370. The van der Waals surface area contributed by atoms with Crippen molar-refractivity contribution in [1.82, 2.24) is 9.79 Å². The fraction of sp³-hybridized carbons (Fsp3) is 0.464. The number of sulfonamides is 1. The van der Waals surface area contributed by atoms with E-state index in [0.717, 1.165) is 5.69 Å². The van der Waals surface area contributed by atoms with Gasteiger partial charge < -0.3 is 14.5 Å². The lowest BCUT2D eigenvalue weighted by molar-refractivity contribution is -0.205. The quantitative estimate of drug-likeness (QED) is 0.270. The molecular formula is C28H37N5O7S. The minimum atomic E-state index is -3.83. The Kier molecular flexibility index (Phi) is 10.0. The fourth-order valence-corrected chi connectivity index (χ4v) is 4.78. The maximum atomic E-state index is 12.9. The van der Waals surface area contributed by atoms with Gasteiger partial charge >= 0.3 is 5.97 Å². The number of nitrogens with zero attached hydrogens (tertiary/aromatic N) is 4. The number of hydrogen-bond donors (Lipinski definition) is 1. The van der Waals surface area contributed by atoms with Crippen molar-refractivity contribution in [1.29, 1.82) is 0 Å². The molecule has 1 aliphatic rings. The predicted octanol–water partition coefficient (Wildman–Crippen LogP) is 4.27. The summed E-state index contributed by atoms with van der Waals surface area (Å²) in [4.78, 5) is 43.0. The van der Waals surface area contributed by atoms with Crippen LogP contribution >= 0.6 is 0 Å². The summed E-state index contributed by atoms with van der Waals surface area (Å²) in [6.07, 6.45) is 0.247. The van der Waals surface area contributed by atoms with E-state index < -0.39 is 38.8 Å². The third kappa shape index (κ3) is 8.90. The number of nitrogens with one attached hydrogen (secondary N) is 1. The van der Waals surface area contributed by atoms with Crippen LogP contribution in [0.1, 0.15) is 47.0 Å². The summed E-state index contributed by atoms with van der Waals surface area (Å²) < 4.78 is 34.1. The molecule has 41 heavy (non-hydrogen) atoms. The highest BCUT2D eigenvalue weighted by molar-refractivity contribution is 7.89. The number of imide groups is 1. The van der Waals surface area contributed by atoms with Crippen LogP contribution in [0.5, 0.6) is 0 Å². The smallest absolute Gasteiger partial charge is 0.338 e. The number of carbonyl (C=O) groups is 3. The number of rotatable bonds is 13. The van der Waals surface area contributed by atoms with Gasteiger partial charge in [-0.25, -0.2) is 17.9 Å². The van der Waals surface area contributed by atoms with Gasteiger partial charge in [0, 0.05) is 45.8 Å². The summed E-state index contributed by atoms with van der Waals surface area (Å²) in [6.45, 7) is 6.75. The van der Waals surface area contributed by atoms with Gasteiger partial charge in [-0.2, -0.15) is 10.2 Å². The third-order valence-corrected chi connectivity index (χ3v) is 7.85. The largest absolute Gasteiger partial charge is 0.378 e. The predicted molar refractivity (Wildman–Crippen MR) is 152 cm³/mol. The van der Waals surface area contributed by atoms with Crippen molar-refractivity contribution in [2.24, 2.45) is 15.6 Å². The minimum absolute atomic E-state index is 0.0153. The molecule has 0 radical (unpaired) electrons. The van der Waals surface area contributed by atoms with Gasteiger partial charge in [-0.1, -0.05) is 0 Å². The fourth-order valence-electron chi connectivity index (χ4n) is 3.58. The maximum absolute atomic E-state index is 12.9. The Labute approximate surface area is 240 Å². The van der Waals surface area contributed by atoms with E-state index in [9.17, 15) is 22.8 Å². The Morgan fingerprint density at radius 2 is 1.44 bits per heavy atom. The molecule has 2 aromatic rings. The van der Waals surface area contributed by atoms with Crippen molar-refractivity contribution in [3.8, 4) is 0 Å². The average molecular weight is 588 g/mol. The van der Waals surface area contributed by atoms with Crippen LogP contribution in [-0.4, -0.2) is 64.1 Å². The lowest BCUT2D eigenvalue weighted by Gasteiger charge is -2.29. The van der Waals surface area contributed by atoms with Crippen molar-refractivity contribution in [2.75, 3.05) is 32.1 Å². The van der Waals surface area contributed by atoms with E-state index in [0.29, 0.717) is 16.4 Å². The summed E-state index contributed by atoms with van der Waals surface area (Å²) in [5, 5.41) is 8.88. The molecule has 3 rings (SSSR count). The van der Waals surface area contributed by atoms with Gasteiger partial charge in [-0.05, 0) is 82.6 Å². The molecule has 1 N–H and O–H groups in total. The van der Waals surface area contributed by atoms with E-state index in [1.165, 1.54) is 12.1 Å². The van der Waals surface area contributed by atoms with Gasteiger partial charge in [0.25, 0.3) is 11.8 Å². The van der Waals surface area contributed by atoms with Gasteiger partial charge in [0.1, 0.15) is 0 Å². The van der Waals surface area contributed by atoms with Crippen LogP contribution in [0.15, 0.2) is 63.7 Å². The molecule has 0 aliphatic carbocycles. The molecule has 2 aromatic carbocycles. The third-order valence-electron chi connectivity index (χ3n) is 6.43. The van der Waals surface area contributed by atoms with Crippen LogP contribution < -0.4 is 9.62 Å². The highest BCUT2D eigenvalue weighted by Gasteiger charge is 2.38. The van der Waals surface area contributed by atoms with Gasteiger partial charge in [0.2, 0.25) is 10.0 Å². The number of azo groups is 1. The number of amides is 2. The maximum Gasteiger partial charge on any atom is 0.338 e. The normalized spacial score (nSPS) is 14.6. The van der Waals surface area contributed by atoms with E-state index in [2.05, 4.69) is 15.0 Å². The number of hydrogen-bond acceptors (Lipinski definition) is 10. The van der Waals surface area contributed by atoms with Crippen molar-refractivity contribution < 1.29 is 32.4 Å². The molecule has 1 saturated heterocycles. The number of carbonyl (C=O) groups excluding carboxylic acids is 3. The Morgan fingerprint density at radius 1 is 0.927 bits per heavy atom. The number of hydroxylamine groups is 2. The Balaban J connectivity index is 1.49. The molecule has 0 bridgehead atoms. The SMILES string of the molecule is CN(C)c1ccc(N=Nc2ccc(S(=O)(=O)NCC(C)(C)OCCC(C)(C)C(=O)ON3C(=O)CCC3=O)cc2)cc1. The standard InChI is InChI=1S/C28H37N5O7S/c1-27(2,26(36)40-33-24(34)15-16-25(33)35)17-18-39-28(3,4)19-29-41(37,38)23-13-9-21(10-14-23)31-30-20-7-11-22(12-8-20)32(5)6/h7-14,29H,15-19H2,1-6H3. The zero-order chi connectivity index (χ0) is 30.4. The minimum Gasteiger partial charge on any atom is -0.378 e. The van der Waals surface area contributed by atoms with Crippen LogP contribution in [0.2, 0.25) is 0 Å². The van der Waals surface area contributed by atoms with Crippen LogP contribution in [0, 0.1) is 5.41 Å². The first-order valence-electron chi connectivity index (χ1n) is 13.1.